The molecule has 138 valence electrons. The highest BCUT2D eigenvalue weighted by Crippen LogP contribution is 2.25. The molecular weight excluding hydrogens is 344 g/mol. The molecule has 3 rings (SSSR count). The standard InChI is InChI=1S/C20H20N4O3/c1-26-17-6-4-16(18(11-17)27-2)5-8-20(25)23-13-15-3-7-19(22-12-15)24-10-9-21-14-24/h3-12,14H,13H2,1-2H3,(H,23,25)/b8-5+. The normalized spacial score (nSPS) is 10.7. The van der Waals surface area contributed by atoms with Gasteiger partial charge in [0.25, 0.3) is 0 Å². The summed E-state index contributed by atoms with van der Waals surface area (Å²) in [5.41, 5.74) is 1.70. The van der Waals surface area contributed by atoms with Crippen LogP contribution in [0.5, 0.6) is 11.5 Å². The molecule has 0 aliphatic carbocycles. The number of pyridine rings is 1. The van der Waals surface area contributed by atoms with E-state index in [1.807, 2.05) is 35.0 Å². The number of rotatable bonds is 7. The lowest BCUT2D eigenvalue weighted by Crippen LogP contribution is -2.20. The largest absolute Gasteiger partial charge is 0.497 e. The number of methoxy groups -OCH3 is 2. The number of carbonyl (C=O) groups excluding carboxylic acids is 1. The minimum Gasteiger partial charge on any atom is -0.497 e. The molecule has 0 spiro atoms. The molecule has 27 heavy (non-hydrogen) atoms. The Labute approximate surface area is 157 Å². The van der Waals surface area contributed by atoms with Gasteiger partial charge in [-0.05, 0) is 29.8 Å². The number of nitrogens with zero attached hydrogens (tertiary/aromatic N) is 3. The predicted molar refractivity (Wildman–Crippen MR) is 102 cm³/mol. The van der Waals surface area contributed by atoms with Gasteiger partial charge in [0.15, 0.2) is 0 Å². The van der Waals surface area contributed by atoms with Gasteiger partial charge in [-0.1, -0.05) is 6.07 Å². The summed E-state index contributed by atoms with van der Waals surface area (Å²) in [5.74, 6) is 1.90. The van der Waals surface area contributed by atoms with Gasteiger partial charge in [-0.25, -0.2) is 9.97 Å². The lowest BCUT2D eigenvalue weighted by molar-refractivity contribution is -0.116. The van der Waals surface area contributed by atoms with E-state index in [9.17, 15) is 4.79 Å². The summed E-state index contributed by atoms with van der Waals surface area (Å²) in [5, 5.41) is 2.83. The second-order valence-electron chi connectivity index (χ2n) is 5.65. The molecule has 0 saturated carbocycles. The van der Waals surface area contributed by atoms with Gasteiger partial charge in [-0.2, -0.15) is 0 Å². The SMILES string of the molecule is COc1ccc(/C=C/C(=O)NCc2ccc(-n3ccnc3)nc2)c(OC)c1. The Balaban J connectivity index is 1.57. The number of amides is 1. The quantitative estimate of drug-likeness (QED) is 0.652. The summed E-state index contributed by atoms with van der Waals surface area (Å²) >= 11 is 0. The van der Waals surface area contributed by atoms with Crippen molar-refractivity contribution in [3.8, 4) is 17.3 Å². The minimum absolute atomic E-state index is 0.202. The summed E-state index contributed by atoms with van der Waals surface area (Å²) in [6.07, 6.45) is 10.1. The zero-order valence-corrected chi connectivity index (χ0v) is 15.1. The fourth-order valence-electron chi connectivity index (χ4n) is 2.44. The van der Waals surface area contributed by atoms with Crippen LogP contribution in [0.4, 0.5) is 0 Å². The van der Waals surface area contributed by atoms with Gasteiger partial charge < -0.3 is 14.8 Å². The molecule has 0 aliphatic rings. The van der Waals surface area contributed by atoms with Crippen molar-refractivity contribution in [2.45, 2.75) is 6.54 Å². The molecule has 0 bridgehead atoms. The third-order valence-electron chi connectivity index (χ3n) is 3.90. The molecule has 1 aromatic carbocycles. The highest BCUT2D eigenvalue weighted by molar-refractivity contribution is 5.92. The zero-order chi connectivity index (χ0) is 19.1. The van der Waals surface area contributed by atoms with Crippen LogP contribution in [0.1, 0.15) is 11.1 Å². The molecule has 2 aromatic heterocycles. The molecular formula is C20H20N4O3. The Bertz CT molecular complexity index is 919. The number of nitrogens with one attached hydrogen (secondary N) is 1. The summed E-state index contributed by atoms with van der Waals surface area (Å²) in [4.78, 5) is 20.4. The van der Waals surface area contributed by atoms with Crippen molar-refractivity contribution in [1.29, 1.82) is 0 Å². The lowest BCUT2D eigenvalue weighted by atomic mass is 10.1. The molecule has 7 heteroatoms. The molecule has 1 N–H and O–H groups in total. The van der Waals surface area contributed by atoms with Crippen LogP contribution in [-0.2, 0) is 11.3 Å². The molecule has 0 radical (unpaired) electrons. The topological polar surface area (TPSA) is 78.3 Å². The minimum atomic E-state index is -0.202. The van der Waals surface area contributed by atoms with Crippen molar-refractivity contribution in [1.82, 2.24) is 19.9 Å². The van der Waals surface area contributed by atoms with Crippen LogP contribution in [0.2, 0.25) is 0 Å². The fraction of sp³-hybridized carbons (Fsp3) is 0.150. The van der Waals surface area contributed by atoms with Gasteiger partial charge in [-0.3, -0.25) is 9.36 Å². The number of hydrogen-bond donors (Lipinski definition) is 1. The average molecular weight is 364 g/mol. The molecule has 2 heterocycles. The van der Waals surface area contributed by atoms with Crippen LogP contribution >= 0.6 is 0 Å². The van der Waals surface area contributed by atoms with Gasteiger partial charge in [0.2, 0.25) is 5.91 Å². The van der Waals surface area contributed by atoms with E-state index >= 15 is 0 Å². The van der Waals surface area contributed by atoms with Crippen LogP contribution < -0.4 is 14.8 Å². The maximum absolute atomic E-state index is 12.1. The zero-order valence-electron chi connectivity index (χ0n) is 15.1. The Morgan fingerprint density at radius 2 is 2.11 bits per heavy atom. The maximum atomic E-state index is 12.1. The van der Waals surface area contributed by atoms with Gasteiger partial charge in [0, 0.05) is 42.8 Å². The van der Waals surface area contributed by atoms with E-state index in [1.165, 1.54) is 6.08 Å². The first kappa shape index (κ1) is 18.2. The van der Waals surface area contributed by atoms with Gasteiger partial charge in [-0.15, -0.1) is 0 Å². The molecule has 0 aliphatic heterocycles. The molecule has 0 unspecified atom stereocenters. The van der Waals surface area contributed by atoms with Crippen molar-refractivity contribution in [3.63, 3.8) is 0 Å². The first-order valence-corrected chi connectivity index (χ1v) is 8.31. The first-order chi connectivity index (χ1) is 13.2. The summed E-state index contributed by atoms with van der Waals surface area (Å²) in [6.45, 7) is 0.389. The third kappa shape index (κ3) is 4.72. The Kier molecular flexibility index (Phi) is 5.84. The van der Waals surface area contributed by atoms with Crippen molar-refractivity contribution in [3.05, 3.63) is 72.5 Å². The number of carbonyl (C=O) groups is 1. The van der Waals surface area contributed by atoms with Crippen molar-refractivity contribution in [2.24, 2.45) is 0 Å². The summed E-state index contributed by atoms with van der Waals surface area (Å²) in [7, 11) is 3.17. The molecule has 3 aromatic rings. The van der Waals surface area contributed by atoms with Crippen LogP contribution in [0, 0.1) is 0 Å². The van der Waals surface area contributed by atoms with Crippen molar-refractivity contribution >= 4 is 12.0 Å². The number of benzene rings is 1. The Morgan fingerprint density at radius 1 is 1.22 bits per heavy atom. The average Bonchev–Trinajstić information content (AvgIpc) is 3.25. The van der Waals surface area contributed by atoms with Gasteiger partial charge >= 0.3 is 0 Å². The Hall–Kier alpha value is -3.61. The van der Waals surface area contributed by atoms with Crippen molar-refractivity contribution in [2.75, 3.05) is 14.2 Å². The number of imidazole rings is 1. The molecule has 7 nitrogen and oxygen atoms in total. The maximum Gasteiger partial charge on any atom is 0.244 e. The van der Waals surface area contributed by atoms with E-state index in [2.05, 4.69) is 15.3 Å². The lowest BCUT2D eigenvalue weighted by Gasteiger charge is -2.07. The Morgan fingerprint density at radius 3 is 2.78 bits per heavy atom. The summed E-state index contributed by atoms with van der Waals surface area (Å²) < 4.78 is 12.3. The smallest absolute Gasteiger partial charge is 0.244 e. The van der Waals surface area contributed by atoms with Crippen LogP contribution in [-0.4, -0.2) is 34.7 Å². The highest BCUT2D eigenvalue weighted by atomic mass is 16.5. The van der Waals surface area contributed by atoms with E-state index in [0.29, 0.717) is 18.0 Å². The van der Waals surface area contributed by atoms with E-state index in [4.69, 9.17) is 9.47 Å². The van der Waals surface area contributed by atoms with Gasteiger partial charge in [0.05, 0.1) is 14.2 Å². The van der Waals surface area contributed by atoms with E-state index in [0.717, 1.165) is 16.9 Å². The van der Waals surface area contributed by atoms with Crippen LogP contribution in [0.25, 0.3) is 11.9 Å². The van der Waals surface area contributed by atoms with E-state index < -0.39 is 0 Å². The number of aromatic nitrogens is 3. The van der Waals surface area contributed by atoms with E-state index in [1.54, 1.807) is 45.1 Å². The summed E-state index contributed by atoms with van der Waals surface area (Å²) in [6, 6.07) is 9.21. The predicted octanol–water partition coefficient (Wildman–Crippen LogP) is 2.61. The molecule has 0 saturated heterocycles. The van der Waals surface area contributed by atoms with Crippen LogP contribution in [0.15, 0.2) is 61.3 Å². The first-order valence-electron chi connectivity index (χ1n) is 8.31. The molecule has 0 atom stereocenters. The number of ether oxygens (including phenoxy) is 2. The second-order valence-corrected chi connectivity index (χ2v) is 5.65. The third-order valence-corrected chi connectivity index (χ3v) is 3.90. The molecule has 0 fully saturated rings. The highest BCUT2D eigenvalue weighted by Gasteiger charge is 2.04. The van der Waals surface area contributed by atoms with Crippen LogP contribution in [0.3, 0.4) is 0 Å². The second kappa shape index (κ2) is 8.66. The monoisotopic (exact) mass is 364 g/mol. The van der Waals surface area contributed by atoms with Crippen molar-refractivity contribution < 1.29 is 14.3 Å². The fourth-order valence-corrected chi connectivity index (χ4v) is 2.44. The van der Waals surface area contributed by atoms with E-state index in [-0.39, 0.29) is 5.91 Å². The van der Waals surface area contributed by atoms with Gasteiger partial charge in [0.1, 0.15) is 23.6 Å². The number of hydrogen-bond acceptors (Lipinski definition) is 5. The molecule has 1 amide bonds.